The summed E-state index contributed by atoms with van der Waals surface area (Å²) in [7, 11) is 0. The molecule has 0 aromatic carbocycles. The Morgan fingerprint density at radius 1 is 1.46 bits per heavy atom. The van der Waals surface area contributed by atoms with Crippen LogP contribution in [0.25, 0.3) is 0 Å². The summed E-state index contributed by atoms with van der Waals surface area (Å²) in [5.74, 6) is 0. The van der Waals surface area contributed by atoms with Gasteiger partial charge in [0.15, 0.2) is 0 Å². The van der Waals surface area contributed by atoms with E-state index >= 15 is 0 Å². The van der Waals surface area contributed by atoms with Gasteiger partial charge in [-0.3, -0.25) is 9.05 Å². The molecule has 0 aromatic rings. The normalized spacial score (nSPS) is 25.5. The minimum absolute atomic E-state index is 0.0518. The number of rotatable bonds is 1. The van der Waals surface area contributed by atoms with Crippen LogP contribution in [0.2, 0.25) is 0 Å². The van der Waals surface area contributed by atoms with E-state index in [4.69, 9.17) is 21.3 Å². The molecular formula is C7H13O3PS2. The highest BCUT2D eigenvalue weighted by Gasteiger charge is 2.37. The smallest absolute Gasteiger partial charge is 0.300 e. The fourth-order valence-electron chi connectivity index (χ4n) is 0.797. The van der Waals surface area contributed by atoms with E-state index in [0.717, 1.165) is 11.4 Å². The molecule has 1 aliphatic heterocycles. The van der Waals surface area contributed by atoms with Gasteiger partial charge in [0.2, 0.25) is 0 Å². The maximum atomic E-state index is 11.8. The molecule has 1 rings (SSSR count). The summed E-state index contributed by atoms with van der Waals surface area (Å²) in [6, 6.07) is 0. The number of thiocarbonyl (C=S) groups is 1. The zero-order valence-corrected chi connectivity index (χ0v) is 10.4. The highest BCUT2D eigenvalue weighted by Crippen LogP contribution is 2.64. The predicted molar refractivity (Wildman–Crippen MR) is 59.2 cm³/mol. The molecule has 13 heavy (non-hydrogen) atoms. The predicted octanol–water partition coefficient (Wildman–Crippen LogP) is 3.25. The average Bonchev–Trinajstić information content (AvgIpc) is 1.95. The second kappa shape index (κ2) is 3.99. The summed E-state index contributed by atoms with van der Waals surface area (Å²) in [5, 5.41) is 0. The van der Waals surface area contributed by atoms with Crippen LogP contribution in [0.5, 0.6) is 0 Å². The van der Waals surface area contributed by atoms with E-state index < -0.39 is 6.80 Å². The number of hydrogen-bond acceptors (Lipinski definition) is 5. The monoisotopic (exact) mass is 240 g/mol. The molecule has 0 amide bonds. The highest BCUT2D eigenvalue weighted by molar-refractivity contribution is 8.65. The molecule has 0 unspecified atom stereocenters. The lowest BCUT2D eigenvalue weighted by atomic mass is 9.97. The highest BCUT2D eigenvalue weighted by atomic mass is 32.7. The van der Waals surface area contributed by atoms with Crippen molar-refractivity contribution in [3.05, 3.63) is 0 Å². The van der Waals surface area contributed by atoms with Crippen molar-refractivity contribution in [1.82, 2.24) is 0 Å². The molecular weight excluding hydrogens is 227 g/mol. The van der Waals surface area contributed by atoms with Gasteiger partial charge < -0.3 is 0 Å². The van der Waals surface area contributed by atoms with Gasteiger partial charge in [-0.2, -0.15) is 0 Å². The summed E-state index contributed by atoms with van der Waals surface area (Å²) < 4.78 is 22.7. The van der Waals surface area contributed by atoms with Crippen LogP contribution in [0.3, 0.4) is 0 Å². The Kier molecular flexibility index (Phi) is 3.58. The van der Waals surface area contributed by atoms with Crippen LogP contribution in [0.1, 0.15) is 20.8 Å². The summed E-state index contributed by atoms with van der Waals surface area (Å²) in [5.41, 5.74) is -0.0518. The minimum Gasteiger partial charge on any atom is -0.300 e. The summed E-state index contributed by atoms with van der Waals surface area (Å²) >= 11 is 5.86. The topological polar surface area (TPSA) is 35.5 Å². The van der Waals surface area contributed by atoms with Gasteiger partial charge >= 0.3 is 6.80 Å². The first-order chi connectivity index (χ1) is 5.83. The van der Waals surface area contributed by atoms with Crippen LogP contribution >= 0.6 is 30.4 Å². The maximum absolute atomic E-state index is 11.8. The van der Waals surface area contributed by atoms with Gasteiger partial charge in [0.05, 0.1) is 17.4 Å². The lowest BCUT2D eigenvalue weighted by molar-refractivity contribution is 0.0502. The van der Waals surface area contributed by atoms with Crippen LogP contribution in [0, 0.1) is 5.41 Å². The first-order valence-corrected chi connectivity index (χ1v) is 7.30. The molecule has 0 aromatic heterocycles. The van der Waals surface area contributed by atoms with Gasteiger partial charge in [0, 0.05) is 16.8 Å². The SMILES string of the molecule is CC(=S)SP1(=O)OCC(C)(C)CO1. The van der Waals surface area contributed by atoms with Crippen LogP contribution < -0.4 is 0 Å². The third-order valence-corrected chi connectivity index (χ3v) is 5.58. The molecule has 0 N–H and O–H groups in total. The molecule has 0 aliphatic carbocycles. The molecule has 3 nitrogen and oxygen atoms in total. The Morgan fingerprint density at radius 2 is 1.92 bits per heavy atom. The largest absolute Gasteiger partial charge is 0.394 e. The van der Waals surface area contributed by atoms with Crippen LogP contribution in [0.15, 0.2) is 0 Å². The van der Waals surface area contributed by atoms with Crippen molar-refractivity contribution < 1.29 is 13.6 Å². The second-order valence-electron chi connectivity index (χ2n) is 3.74. The lowest BCUT2D eigenvalue weighted by Gasteiger charge is -2.33. The van der Waals surface area contributed by atoms with Crippen molar-refractivity contribution in [3.63, 3.8) is 0 Å². The maximum Gasteiger partial charge on any atom is 0.394 e. The van der Waals surface area contributed by atoms with Crippen molar-refractivity contribution in [2.24, 2.45) is 5.41 Å². The second-order valence-corrected chi connectivity index (χ2v) is 8.71. The molecule has 1 aliphatic rings. The van der Waals surface area contributed by atoms with Gasteiger partial charge in [-0.1, -0.05) is 26.1 Å². The van der Waals surface area contributed by atoms with E-state index in [2.05, 4.69) is 0 Å². The van der Waals surface area contributed by atoms with Crippen molar-refractivity contribution in [1.29, 1.82) is 0 Å². The fourth-order valence-corrected chi connectivity index (χ4v) is 4.71. The van der Waals surface area contributed by atoms with Crippen LogP contribution in [-0.2, 0) is 13.6 Å². The first kappa shape index (κ1) is 11.7. The summed E-state index contributed by atoms with van der Waals surface area (Å²) in [6.45, 7) is 3.67. The van der Waals surface area contributed by atoms with Crippen LogP contribution in [-0.4, -0.2) is 17.4 Å². The molecule has 0 saturated carbocycles. The third-order valence-electron chi connectivity index (χ3n) is 1.47. The molecule has 76 valence electrons. The van der Waals surface area contributed by atoms with Gasteiger partial charge in [-0.15, -0.1) is 0 Å². The first-order valence-electron chi connectivity index (χ1n) is 3.92. The van der Waals surface area contributed by atoms with Gasteiger partial charge in [0.1, 0.15) is 0 Å². The molecule has 6 heteroatoms. The van der Waals surface area contributed by atoms with Gasteiger partial charge in [-0.05, 0) is 6.92 Å². The van der Waals surface area contributed by atoms with Gasteiger partial charge in [-0.25, -0.2) is 4.57 Å². The summed E-state index contributed by atoms with van der Waals surface area (Å²) in [4.78, 5) is 0. The Hall–Kier alpha value is 0.590. The zero-order chi connectivity index (χ0) is 10.1. The van der Waals surface area contributed by atoms with Crippen molar-refractivity contribution >= 4 is 34.6 Å². The Balaban J connectivity index is 2.57. The molecule has 1 saturated heterocycles. The van der Waals surface area contributed by atoms with Crippen LogP contribution in [0.4, 0.5) is 0 Å². The van der Waals surface area contributed by atoms with Crippen molar-refractivity contribution in [3.8, 4) is 0 Å². The molecule has 1 fully saturated rings. The summed E-state index contributed by atoms with van der Waals surface area (Å²) in [6.07, 6.45) is 0. The Bertz CT molecular complexity index is 250. The standard InChI is InChI=1S/C7H13O3PS2/c1-6(12)13-11(8)9-4-7(2,3)5-10-11/h4-5H2,1-3H3. The van der Waals surface area contributed by atoms with Crippen molar-refractivity contribution in [2.75, 3.05) is 13.2 Å². The van der Waals surface area contributed by atoms with E-state index in [9.17, 15) is 4.57 Å². The van der Waals surface area contributed by atoms with E-state index in [0.29, 0.717) is 17.4 Å². The molecule has 1 heterocycles. The third kappa shape index (κ3) is 3.68. The molecule has 0 atom stereocenters. The molecule has 0 radical (unpaired) electrons. The Labute approximate surface area is 87.8 Å². The molecule has 0 bridgehead atoms. The van der Waals surface area contributed by atoms with E-state index in [1.807, 2.05) is 13.8 Å². The van der Waals surface area contributed by atoms with E-state index in [1.165, 1.54) is 0 Å². The zero-order valence-electron chi connectivity index (χ0n) is 7.90. The minimum atomic E-state index is -2.97. The van der Waals surface area contributed by atoms with E-state index in [-0.39, 0.29) is 5.41 Å². The number of hydrogen-bond donors (Lipinski definition) is 0. The fraction of sp³-hybridized carbons (Fsp3) is 0.857. The Morgan fingerprint density at radius 3 is 2.31 bits per heavy atom. The quantitative estimate of drug-likeness (QED) is 0.519. The van der Waals surface area contributed by atoms with Crippen molar-refractivity contribution in [2.45, 2.75) is 20.8 Å². The van der Waals surface area contributed by atoms with Gasteiger partial charge in [0.25, 0.3) is 0 Å². The lowest BCUT2D eigenvalue weighted by Crippen LogP contribution is -2.28. The van der Waals surface area contributed by atoms with E-state index in [1.54, 1.807) is 6.92 Å². The average molecular weight is 240 g/mol. The molecule has 0 spiro atoms.